The topological polar surface area (TPSA) is 41.5 Å². The van der Waals surface area contributed by atoms with Crippen molar-refractivity contribution in [2.24, 2.45) is 5.92 Å². The molecule has 0 unspecified atom stereocenters. The van der Waals surface area contributed by atoms with E-state index in [4.69, 9.17) is 4.74 Å². The second kappa shape index (κ2) is 9.66. The lowest BCUT2D eigenvalue weighted by molar-refractivity contribution is 0.218. The molecular weight excluding hydrogens is 467 g/mol. The summed E-state index contributed by atoms with van der Waals surface area (Å²) in [5.74, 6) is 4.31. The van der Waals surface area contributed by atoms with Gasteiger partial charge in [0.2, 0.25) is 0 Å². The molecule has 0 spiro atoms. The van der Waals surface area contributed by atoms with Gasteiger partial charge in [-0.25, -0.2) is 9.97 Å². The average molecular weight is 492 g/mol. The zero-order valence-corrected chi connectivity index (χ0v) is 18.5. The summed E-state index contributed by atoms with van der Waals surface area (Å²) in [6, 6.07) is 0.579. The van der Waals surface area contributed by atoms with Crippen molar-refractivity contribution in [2.75, 3.05) is 37.2 Å². The van der Waals surface area contributed by atoms with E-state index in [0.29, 0.717) is 6.04 Å². The number of halogens is 1. The number of hydrogen-bond acceptors (Lipinski definition) is 7. The molecule has 0 N–H and O–H groups in total. The Morgan fingerprint density at radius 3 is 2.92 bits per heavy atom. The summed E-state index contributed by atoms with van der Waals surface area (Å²) in [6.07, 6.45) is 11.0. The van der Waals surface area contributed by atoms with Crippen molar-refractivity contribution in [2.45, 2.75) is 36.8 Å². The van der Waals surface area contributed by atoms with E-state index in [2.05, 4.69) is 57.1 Å². The fourth-order valence-electron chi connectivity index (χ4n) is 3.38. The first-order chi connectivity index (χ1) is 12.2. The molecular formula is C17H25IN4OS2. The molecule has 138 valence electrons. The third-order valence-electron chi connectivity index (χ3n) is 4.84. The van der Waals surface area contributed by atoms with E-state index in [9.17, 15) is 0 Å². The van der Waals surface area contributed by atoms with E-state index in [1.807, 2.05) is 14.3 Å². The van der Waals surface area contributed by atoms with Crippen molar-refractivity contribution in [1.29, 1.82) is 0 Å². The molecule has 0 atom stereocenters. The molecule has 1 saturated carbocycles. The molecule has 1 aromatic rings. The monoisotopic (exact) mass is 492 g/mol. The Labute approximate surface area is 173 Å². The normalized spacial score (nSPS) is 22.8. The van der Waals surface area contributed by atoms with Crippen molar-refractivity contribution in [3.63, 3.8) is 0 Å². The van der Waals surface area contributed by atoms with E-state index >= 15 is 0 Å². The van der Waals surface area contributed by atoms with E-state index < -0.39 is 0 Å². The van der Waals surface area contributed by atoms with Crippen molar-refractivity contribution in [1.82, 2.24) is 12.5 Å². The Morgan fingerprint density at radius 2 is 2.16 bits per heavy atom. The van der Waals surface area contributed by atoms with Crippen LogP contribution in [0.25, 0.3) is 6.08 Å². The van der Waals surface area contributed by atoms with E-state index in [0.717, 1.165) is 34.7 Å². The lowest BCUT2D eigenvalue weighted by atomic mass is 9.86. The van der Waals surface area contributed by atoms with Crippen molar-refractivity contribution in [3.05, 3.63) is 18.1 Å². The van der Waals surface area contributed by atoms with E-state index in [-0.39, 0.29) is 0 Å². The van der Waals surface area contributed by atoms with Gasteiger partial charge in [0.1, 0.15) is 17.2 Å². The number of anilines is 1. The summed E-state index contributed by atoms with van der Waals surface area (Å²) in [5.41, 5.74) is 1.15. The van der Waals surface area contributed by atoms with Crippen LogP contribution in [0.3, 0.4) is 0 Å². The maximum Gasteiger partial charge on any atom is 0.140 e. The first-order valence-electron chi connectivity index (χ1n) is 8.64. The third kappa shape index (κ3) is 5.17. The second-order valence-corrected chi connectivity index (χ2v) is 10.3. The van der Waals surface area contributed by atoms with Gasteiger partial charge in [-0.05, 0) is 43.4 Å². The Hall–Kier alpha value is -0.190. The fraction of sp³-hybridized carbons (Fsp3) is 0.647. The highest BCUT2D eigenvalue weighted by molar-refractivity contribution is 14.1. The molecule has 3 rings (SSSR count). The molecule has 0 bridgehead atoms. The van der Waals surface area contributed by atoms with Crippen LogP contribution in [-0.4, -0.2) is 50.8 Å². The summed E-state index contributed by atoms with van der Waals surface area (Å²) >= 11 is 5.95. The van der Waals surface area contributed by atoms with Gasteiger partial charge in [0.25, 0.3) is 0 Å². The van der Waals surface area contributed by atoms with Crippen molar-refractivity contribution >= 4 is 58.5 Å². The molecule has 2 heterocycles. The molecule has 1 fully saturated rings. The molecule has 0 aromatic carbocycles. The van der Waals surface area contributed by atoms with Gasteiger partial charge in [0.15, 0.2) is 0 Å². The zero-order chi connectivity index (χ0) is 17.6. The van der Waals surface area contributed by atoms with Crippen LogP contribution >= 0.6 is 46.6 Å². The number of fused-ring (bicyclic) bond motifs is 1. The van der Waals surface area contributed by atoms with Crippen LogP contribution in [-0.2, 0) is 4.74 Å². The number of ether oxygens (including phenoxy) is 1. The summed E-state index contributed by atoms with van der Waals surface area (Å²) in [4.78, 5) is 11.4. The minimum Gasteiger partial charge on any atom is -0.384 e. The predicted octanol–water partition coefficient (Wildman–Crippen LogP) is 4.49. The molecule has 2 aliphatic rings. The molecule has 1 aliphatic heterocycles. The summed E-state index contributed by atoms with van der Waals surface area (Å²) in [7, 11) is 3.97. The van der Waals surface area contributed by atoms with Crippen LogP contribution in [0.15, 0.2) is 17.6 Å². The molecule has 0 amide bonds. The molecule has 5 nitrogen and oxygen atoms in total. The second-order valence-electron chi connectivity index (χ2n) is 6.45. The Bertz CT molecular complexity index is 596. The molecule has 25 heavy (non-hydrogen) atoms. The average Bonchev–Trinajstić information content (AvgIpc) is 2.64. The quantitative estimate of drug-likeness (QED) is 0.183. The van der Waals surface area contributed by atoms with Gasteiger partial charge in [-0.1, -0.05) is 0 Å². The van der Waals surface area contributed by atoms with Crippen LogP contribution in [0.4, 0.5) is 5.82 Å². The lowest BCUT2D eigenvalue weighted by Crippen LogP contribution is -2.36. The van der Waals surface area contributed by atoms with Crippen molar-refractivity contribution in [3.8, 4) is 0 Å². The number of methoxy groups -OCH3 is 1. The smallest absolute Gasteiger partial charge is 0.140 e. The van der Waals surface area contributed by atoms with Crippen LogP contribution in [0, 0.1) is 5.92 Å². The number of thioether (sulfide) groups is 1. The van der Waals surface area contributed by atoms with E-state index in [1.165, 1.54) is 31.4 Å². The lowest BCUT2D eigenvalue weighted by Gasteiger charge is -2.36. The minimum absolute atomic E-state index is 0.579. The molecule has 1 aromatic heterocycles. The van der Waals surface area contributed by atoms with E-state index in [1.54, 1.807) is 25.4 Å². The third-order valence-corrected chi connectivity index (χ3v) is 7.71. The summed E-state index contributed by atoms with van der Waals surface area (Å²) in [5, 5.41) is 1.04. The zero-order valence-electron chi connectivity index (χ0n) is 14.7. The van der Waals surface area contributed by atoms with Crippen molar-refractivity contribution < 1.29 is 4.74 Å². The highest BCUT2D eigenvalue weighted by atomic mass is 127. The molecule has 1 aliphatic carbocycles. The first-order valence-corrected chi connectivity index (χ1v) is 11.5. The number of nitrogens with zero attached hydrogens (tertiary/aromatic N) is 4. The standard InChI is InChI=1S/C17H25IN4OS2/c1-21(14-5-3-13(4-6-14)11-24-10-9-23-2)16-15-7-8-22(18)25-17(15)20-12-19-16/h7-8,12-14H,3-6,9-11H2,1-2H3. The van der Waals surface area contributed by atoms with Gasteiger partial charge >= 0.3 is 0 Å². The molecule has 0 saturated heterocycles. The summed E-state index contributed by atoms with van der Waals surface area (Å²) in [6.45, 7) is 0.863. The van der Waals surface area contributed by atoms with Crippen LogP contribution in [0.5, 0.6) is 0 Å². The molecule has 8 heteroatoms. The highest BCUT2D eigenvalue weighted by Gasteiger charge is 2.27. The van der Waals surface area contributed by atoms with Gasteiger partial charge in [-0.3, -0.25) is 2.52 Å². The van der Waals surface area contributed by atoms with Crippen LogP contribution in [0.1, 0.15) is 31.2 Å². The fourth-order valence-corrected chi connectivity index (χ4v) is 5.86. The SMILES string of the molecule is COCCSCC1CCC(N(C)c2ncnc3c2C=CN(I)S3)CC1. The maximum atomic E-state index is 5.13. The Balaban J connectivity index is 1.56. The number of aromatic nitrogens is 2. The van der Waals surface area contributed by atoms with Crippen LogP contribution < -0.4 is 4.90 Å². The van der Waals surface area contributed by atoms with Gasteiger partial charge in [-0.2, -0.15) is 11.8 Å². The largest absolute Gasteiger partial charge is 0.384 e. The number of hydrogen-bond donors (Lipinski definition) is 0. The van der Waals surface area contributed by atoms with Gasteiger partial charge in [0, 0.05) is 44.1 Å². The van der Waals surface area contributed by atoms with Gasteiger partial charge < -0.3 is 9.64 Å². The van der Waals surface area contributed by atoms with Crippen LogP contribution in [0.2, 0.25) is 0 Å². The van der Waals surface area contributed by atoms with Gasteiger partial charge in [0.05, 0.1) is 35.0 Å². The summed E-state index contributed by atoms with van der Waals surface area (Å²) < 4.78 is 7.18. The Kier molecular flexibility index (Phi) is 7.56. The Morgan fingerprint density at radius 1 is 1.36 bits per heavy atom. The maximum absolute atomic E-state index is 5.13. The highest BCUT2D eigenvalue weighted by Crippen LogP contribution is 2.38. The predicted molar refractivity (Wildman–Crippen MR) is 116 cm³/mol. The molecule has 0 radical (unpaired) electrons. The number of rotatable bonds is 7. The van der Waals surface area contributed by atoms with Gasteiger partial charge in [-0.15, -0.1) is 0 Å². The first kappa shape index (κ1) is 19.6. The minimum atomic E-state index is 0.579.